The standard InChI is InChI=1S/C10H10FN3/c1-6-2-9(11)10(12)3-8(6)7-4-13-14-5-7/h2-5H,12H2,1H3,(H,13,14). The smallest absolute Gasteiger partial charge is 0.146 e. The van der Waals surface area contributed by atoms with Crippen LogP contribution in [0.15, 0.2) is 24.5 Å². The number of nitrogens with one attached hydrogen (secondary N) is 1. The Labute approximate surface area is 80.8 Å². The zero-order chi connectivity index (χ0) is 10.1. The summed E-state index contributed by atoms with van der Waals surface area (Å²) in [4.78, 5) is 0. The van der Waals surface area contributed by atoms with Gasteiger partial charge in [0.2, 0.25) is 0 Å². The van der Waals surface area contributed by atoms with Crippen LogP contribution in [-0.2, 0) is 0 Å². The number of halogens is 1. The van der Waals surface area contributed by atoms with E-state index in [1.807, 2.05) is 6.92 Å². The average molecular weight is 191 g/mol. The lowest BCUT2D eigenvalue weighted by Crippen LogP contribution is -1.93. The zero-order valence-electron chi connectivity index (χ0n) is 7.71. The molecule has 1 heterocycles. The Morgan fingerprint density at radius 1 is 1.43 bits per heavy atom. The van der Waals surface area contributed by atoms with Crippen molar-refractivity contribution in [3.63, 3.8) is 0 Å². The van der Waals surface area contributed by atoms with Crippen molar-refractivity contribution in [3.05, 3.63) is 35.9 Å². The molecular weight excluding hydrogens is 181 g/mol. The van der Waals surface area contributed by atoms with Gasteiger partial charge in [0.15, 0.2) is 0 Å². The average Bonchev–Trinajstić information content (AvgIpc) is 2.64. The van der Waals surface area contributed by atoms with Crippen molar-refractivity contribution in [1.29, 1.82) is 0 Å². The van der Waals surface area contributed by atoms with Gasteiger partial charge in [0.05, 0.1) is 11.9 Å². The summed E-state index contributed by atoms with van der Waals surface area (Å²) in [7, 11) is 0. The van der Waals surface area contributed by atoms with E-state index < -0.39 is 0 Å². The Balaban J connectivity index is 2.60. The molecule has 3 N–H and O–H groups in total. The summed E-state index contributed by atoms with van der Waals surface area (Å²) in [6.45, 7) is 1.84. The Hall–Kier alpha value is -1.84. The Morgan fingerprint density at radius 3 is 2.86 bits per heavy atom. The van der Waals surface area contributed by atoms with E-state index in [1.54, 1.807) is 18.5 Å². The van der Waals surface area contributed by atoms with Crippen molar-refractivity contribution in [2.45, 2.75) is 6.92 Å². The van der Waals surface area contributed by atoms with E-state index in [-0.39, 0.29) is 11.5 Å². The van der Waals surface area contributed by atoms with E-state index >= 15 is 0 Å². The van der Waals surface area contributed by atoms with Gasteiger partial charge in [-0.05, 0) is 30.2 Å². The van der Waals surface area contributed by atoms with Crippen LogP contribution >= 0.6 is 0 Å². The Morgan fingerprint density at radius 2 is 2.21 bits per heavy atom. The second kappa shape index (κ2) is 3.14. The van der Waals surface area contributed by atoms with Crippen molar-refractivity contribution < 1.29 is 4.39 Å². The van der Waals surface area contributed by atoms with Gasteiger partial charge in [0, 0.05) is 11.8 Å². The summed E-state index contributed by atoms with van der Waals surface area (Å²) in [6.07, 6.45) is 3.43. The van der Waals surface area contributed by atoms with Crippen molar-refractivity contribution >= 4 is 5.69 Å². The van der Waals surface area contributed by atoms with Gasteiger partial charge in [-0.1, -0.05) is 0 Å². The van der Waals surface area contributed by atoms with Gasteiger partial charge in [0.1, 0.15) is 5.82 Å². The number of aromatic nitrogens is 2. The number of rotatable bonds is 1. The minimum absolute atomic E-state index is 0.159. The van der Waals surface area contributed by atoms with Crippen LogP contribution in [0.3, 0.4) is 0 Å². The van der Waals surface area contributed by atoms with Crippen LogP contribution in [0.4, 0.5) is 10.1 Å². The second-order valence-corrected chi connectivity index (χ2v) is 3.18. The molecule has 3 nitrogen and oxygen atoms in total. The molecule has 0 saturated heterocycles. The maximum Gasteiger partial charge on any atom is 0.146 e. The van der Waals surface area contributed by atoms with Crippen LogP contribution in [0.2, 0.25) is 0 Å². The number of benzene rings is 1. The van der Waals surface area contributed by atoms with E-state index in [1.165, 1.54) is 6.07 Å². The first-order chi connectivity index (χ1) is 6.68. The second-order valence-electron chi connectivity index (χ2n) is 3.18. The third kappa shape index (κ3) is 1.35. The molecule has 14 heavy (non-hydrogen) atoms. The Bertz CT molecular complexity index is 449. The van der Waals surface area contributed by atoms with Gasteiger partial charge in [-0.25, -0.2) is 4.39 Å². The van der Waals surface area contributed by atoms with Crippen molar-refractivity contribution in [2.24, 2.45) is 0 Å². The maximum atomic E-state index is 13.1. The molecular formula is C10H10FN3. The van der Waals surface area contributed by atoms with E-state index in [0.717, 1.165) is 16.7 Å². The predicted octanol–water partition coefficient (Wildman–Crippen LogP) is 2.11. The molecule has 72 valence electrons. The molecule has 0 atom stereocenters. The van der Waals surface area contributed by atoms with E-state index in [4.69, 9.17) is 5.73 Å². The lowest BCUT2D eigenvalue weighted by Gasteiger charge is -2.05. The molecule has 1 aromatic carbocycles. The van der Waals surface area contributed by atoms with Crippen LogP contribution in [0.1, 0.15) is 5.56 Å². The number of H-pyrrole nitrogens is 1. The van der Waals surface area contributed by atoms with E-state index in [0.29, 0.717) is 0 Å². The quantitative estimate of drug-likeness (QED) is 0.678. The number of aryl methyl sites for hydroxylation is 1. The maximum absolute atomic E-state index is 13.1. The van der Waals surface area contributed by atoms with Crippen molar-refractivity contribution in [1.82, 2.24) is 10.2 Å². The molecule has 0 spiro atoms. The summed E-state index contributed by atoms with van der Waals surface area (Å²) >= 11 is 0. The number of aromatic amines is 1. The van der Waals surface area contributed by atoms with Crippen molar-refractivity contribution in [3.8, 4) is 11.1 Å². The summed E-state index contributed by atoms with van der Waals surface area (Å²) < 4.78 is 13.1. The number of hydrogen-bond acceptors (Lipinski definition) is 2. The van der Waals surface area contributed by atoms with E-state index in [2.05, 4.69) is 10.2 Å². The zero-order valence-corrected chi connectivity index (χ0v) is 7.71. The number of anilines is 1. The van der Waals surface area contributed by atoms with Crippen LogP contribution in [-0.4, -0.2) is 10.2 Å². The molecule has 0 aliphatic rings. The topological polar surface area (TPSA) is 54.7 Å². The van der Waals surface area contributed by atoms with Gasteiger partial charge in [-0.3, -0.25) is 5.10 Å². The molecule has 0 saturated carbocycles. The summed E-state index contributed by atoms with van der Waals surface area (Å²) in [5.41, 5.74) is 8.31. The summed E-state index contributed by atoms with van der Waals surface area (Å²) in [5.74, 6) is -0.380. The SMILES string of the molecule is Cc1cc(F)c(N)cc1-c1cn[nH]c1. The normalized spacial score (nSPS) is 10.4. The molecule has 0 fully saturated rings. The molecule has 1 aromatic heterocycles. The monoisotopic (exact) mass is 191 g/mol. The third-order valence-corrected chi connectivity index (χ3v) is 2.15. The van der Waals surface area contributed by atoms with Gasteiger partial charge in [-0.15, -0.1) is 0 Å². The van der Waals surface area contributed by atoms with Crippen LogP contribution < -0.4 is 5.73 Å². The van der Waals surface area contributed by atoms with Gasteiger partial charge in [0.25, 0.3) is 0 Å². The predicted molar refractivity (Wildman–Crippen MR) is 53.1 cm³/mol. The summed E-state index contributed by atoms with van der Waals surface area (Å²) in [6, 6.07) is 3.05. The van der Waals surface area contributed by atoms with Crippen LogP contribution in [0.25, 0.3) is 11.1 Å². The largest absolute Gasteiger partial charge is 0.396 e. The molecule has 0 bridgehead atoms. The number of nitrogen functional groups attached to an aromatic ring is 1. The number of nitrogens with zero attached hydrogens (tertiary/aromatic N) is 1. The summed E-state index contributed by atoms with van der Waals surface area (Å²) in [5, 5.41) is 6.54. The first-order valence-electron chi connectivity index (χ1n) is 4.23. The van der Waals surface area contributed by atoms with Gasteiger partial charge >= 0.3 is 0 Å². The highest BCUT2D eigenvalue weighted by atomic mass is 19.1. The molecule has 0 aliphatic carbocycles. The highest BCUT2D eigenvalue weighted by Gasteiger charge is 2.07. The number of nitrogens with two attached hydrogens (primary N) is 1. The number of hydrogen-bond donors (Lipinski definition) is 2. The van der Waals surface area contributed by atoms with Crippen molar-refractivity contribution in [2.75, 3.05) is 5.73 Å². The van der Waals surface area contributed by atoms with Gasteiger partial charge in [-0.2, -0.15) is 5.10 Å². The molecule has 4 heteroatoms. The lowest BCUT2D eigenvalue weighted by atomic mass is 10.0. The first kappa shape index (κ1) is 8.74. The fourth-order valence-electron chi connectivity index (χ4n) is 1.40. The Kier molecular flexibility index (Phi) is 1.96. The van der Waals surface area contributed by atoms with E-state index in [9.17, 15) is 4.39 Å². The highest BCUT2D eigenvalue weighted by Crippen LogP contribution is 2.26. The minimum Gasteiger partial charge on any atom is -0.396 e. The fourth-order valence-corrected chi connectivity index (χ4v) is 1.40. The molecule has 0 radical (unpaired) electrons. The molecule has 0 amide bonds. The first-order valence-corrected chi connectivity index (χ1v) is 4.23. The molecule has 0 unspecified atom stereocenters. The molecule has 2 aromatic rings. The lowest BCUT2D eigenvalue weighted by molar-refractivity contribution is 0.631. The molecule has 2 rings (SSSR count). The highest BCUT2D eigenvalue weighted by molar-refractivity contribution is 5.69. The van der Waals surface area contributed by atoms with Crippen LogP contribution in [0, 0.1) is 12.7 Å². The van der Waals surface area contributed by atoms with Gasteiger partial charge < -0.3 is 5.73 Å². The third-order valence-electron chi connectivity index (χ3n) is 2.15. The molecule has 0 aliphatic heterocycles. The van der Waals surface area contributed by atoms with Crippen LogP contribution in [0.5, 0.6) is 0 Å². The fraction of sp³-hybridized carbons (Fsp3) is 0.100. The minimum atomic E-state index is -0.380.